The number of aromatic amines is 1. The van der Waals surface area contributed by atoms with Gasteiger partial charge in [0.1, 0.15) is 11.5 Å². The van der Waals surface area contributed by atoms with Crippen LogP contribution in [0, 0.1) is 6.92 Å². The first-order chi connectivity index (χ1) is 8.97. The molecule has 19 heavy (non-hydrogen) atoms. The van der Waals surface area contributed by atoms with Gasteiger partial charge in [-0.05, 0) is 31.2 Å². The van der Waals surface area contributed by atoms with Crippen molar-refractivity contribution in [3.8, 4) is 11.4 Å². The number of aryl methyl sites for hydroxylation is 1. The first kappa shape index (κ1) is 13.3. The van der Waals surface area contributed by atoms with Gasteiger partial charge in [-0.25, -0.2) is 4.98 Å². The van der Waals surface area contributed by atoms with Crippen molar-refractivity contribution in [3.05, 3.63) is 45.3 Å². The summed E-state index contributed by atoms with van der Waals surface area (Å²) < 4.78 is 0. The third-order valence-electron chi connectivity index (χ3n) is 2.52. The predicted octanol–water partition coefficient (Wildman–Crippen LogP) is 2.36. The minimum atomic E-state index is -0.382. The Morgan fingerprint density at radius 3 is 2.47 bits per heavy atom. The van der Waals surface area contributed by atoms with Gasteiger partial charge >= 0.3 is 0 Å². The molecule has 98 valence electrons. The average molecular weight is 278 g/mol. The molecule has 1 heterocycles. The Hall–Kier alpha value is -2.14. The molecular formula is C13H12ClN3O2. The number of hydrogen-bond acceptors (Lipinski definition) is 3. The van der Waals surface area contributed by atoms with E-state index in [2.05, 4.69) is 15.3 Å². The van der Waals surface area contributed by atoms with Crippen LogP contribution in [0.2, 0.25) is 5.02 Å². The molecule has 0 radical (unpaired) electrons. The summed E-state index contributed by atoms with van der Waals surface area (Å²) in [6, 6.07) is 6.96. The quantitative estimate of drug-likeness (QED) is 0.885. The van der Waals surface area contributed by atoms with E-state index in [-0.39, 0.29) is 17.2 Å². The van der Waals surface area contributed by atoms with Gasteiger partial charge in [0, 0.05) is 17.5 Å². The van der Waals surface area contributed by atoms with Crippen LogP contribution in [-0.2, 0) is 4.79 Å². The molecule has 0 saturated heterocycles. The van der Waals surface area contributed by atoms with E-state index in [0.29, 0.717) is 16.5 Å². The number of halogens is 1. The highest BCUT2D eigenvalue weighted by atomic mass is 35.5. The fraction of sp³-hybridized carbons (Fsp3) is 0.154. The standard InChI is InChI=1S/C13H12ClN3O2/c1-7-11(16-8(2)18)13(19)17-12(15-7)9-3-5-10(14)6-4-9/h3-6H,1-2H3,(H,16,18)(H,15,17,19). The van der Waals surface area contributed by atoms with E-state index in [1.54, 1.807) is 31.2 Å². The van der Waals surface area contributed by atoms with Crippen molar-refractivity contribution in [2.24, 2.45) is 0 Å². The van der Waals surface area contributed by atoms with Crippen LogP contribution in [0.15, 0.2) is 29.1 Å². The second-order valence-corrected chi connectivity index (χ2v) is 4.50. The van der Waals surface area contributed by atoms with Crippen LogP contribution in [0.3, 0.4) is 0 Å². The van der Waals surface area contributed by atoms with E-state index in [1.165, 1.54) is 6.92 Å². The SMILES string of the molecule is CC(=O)Nc1c(C)nc(-c2ccc(Cl)cc2)[nH]c1=O. The van der Waals surface area contributed by atoms with Crippen LogP contribution in [0.4, 0.5) is 5.69 Å². The highest BCUT2D eigenvalue weighted by molar-refractivity contribution is 6.30. The lowest BCUT2D eigenvalue weighted by atomic mass is 10.2. The van der Waals surface area contributed by atoms with Gasteiger partial charge in [0.15, 0.2) is 0 Å². The fourth-order valence-electron chi connectivity index (χ4n) is 1.65. The van der Waals surface area contributed by atoms with Crippen molar-refractivity contribution in [2.75, 3.05) is 5.32 Å². The smallest absolute Gasteiger partial charge is 0.275 e. The van der Waals surface area contributed by atoms with Gasteiger partial charge in [0.2, 0.25) is 5.91 Å². The van der Waals surface area contributed by atoms with Crippen LogP contribution in [-0.4, -0.2) is 15.9 Å². The van der Waals surface area contributed by atoms with E-state index in [0.717, 1.165) is 5.56 Å². The lowest BCUT2D eigenvalue weighted by Gasteiger charge is -2.07. The summed E-state index contributed by atoms with van der Waals surface area (Å²) in [6.45, 7) is 3.01. The second-order valence-electron chi connectivity index (χ2n) is 4.06. The summed E-state index contributed by atoms with van der Waals surface area (Å²) in [7, 11) is 0. The van der Waals surface area contributed by atoms with E-state index in [1.807, 2.05) is 0 Å². The van der Waals surface area contributed by atoms with E-state index in [9.17, 15) is 9.59 Å². The first-order valence-corrected chi connectivity index (χ1v) is 5.99. The predicted molar refractivity (Wildman–Crippen MR) is 74.3 cm³/mol. The van der Waals surface area contributed by atoms with Crippen LogP contribution in [0.1, 0.15) is 12.6 Å². The number of rotatable bonds is 2. The summed E-state index contributed by atoms with van der Waals surface area (Å²) in [6.07, 6.45) is 0. The third-order valence-corrected chi connectivity index (χ3v) is 2.77. The van der Waals surface area contributed by atoms with Crippen LogP contribution < -0.4 is 10.9 Å². The van der Waals surface area contributed by atoms with Crippen molar-refractivity contribution in [1.29, 1.82) is 0 Å². The number of amides is 1. The molecule has 2 N–H and O–H groups in total. The maximum Gasteiger partial charge on any atom is 0.275 e. The fourth-order valence-corrected chi connectivity index (χ4v) is 1.78. The van der Waals surface area contributed by atoms with Crippen LogP contribution in [0.25, 0.3) is 11.4 Å². The number of carbonyl (C=O) groups is 1. The zero-order chi connectivity index (χ0) is 14.0. The monoisotopic (exact) mass is 277 g/mol. The summed E-state index contributed by atoms with van der Waals surface area (Å²) in [5, 5.41) is 3.07. The number of anilines is 1. The number of carbonyl (C=O) groups excluding carboxylic acids is 1. The number of H-pyrrole nitrogens is 1. The lowest BCUT2D eigenvalue weighted by molar-refractivity contribution is -0.114. The molecule has 1 amide bonds. The molecule has 2 aromatic rings. The van der Waals surface area contributed by atoms with Gasteiger partial charge in [-0.1, -0.05) is 11.6 Å². The maximum atomic E-state index is 11.9. The number of nitrogens with one attached hydrogen (secondary N) is 2. The molecule has 0 aliphatic heterocycles. The van der Waals surface area contributed by atoms with Crippen molar-refractivity contribution >= 4 is 23.2 Å². The molecule has 2 rings (SSSR count). The molecule has 0 aliphatic carbocycles. The minimum absolute atomic E-state index is 0.171. The summed E-state index contributed by atoms with van der Waals surface area (Å²) in [5.41, 5.74) is 1.00. The maximum absolute atomic E-state index is 11.9. The van der Waals surface area contributed by atoms with E-state index in [4.69, 9.17) is 11.6 Å². The molecule has 0 bridgehead atoms. The van der Waals surface area contributed by atoms with Crippen LogP contribution >= 0.6 is 11.6 Å². The molecule has 0 aliphatic rings. The molecule has 1 aromatic carbocycles. The number of nitrogens with zero attached hydrogens (tertiary/aromatic N) is 1. The van der Waals surface area contributed by atoms with Gasteiger partial charge in [-0.2, -0.15) is 0 Å². The Kier molecular flexibility index (Phi) is 3.66. The minimum Gasteiger partial charge on any atom is -0.320 e. The van der Waals surface area contributed by atoms with Crippen LogP contribution in [0.5, 0.6) is 0 Å². The molecule has 0 atom stereocenters. The molecule has 1 aromatic heterocycles. The molecule has 6 heteroatoms. The van der Waals surface area contributed by atoms with Crippen molar-refractivity contribution < 1.29 is 4.79 Å². The Labute approximate surface area is 114 Å². The normalized spacial score (nSPS) is 10.3. The first-order valence-electron chi connectivity index (χ1n) is 5.62. The third kappa shape index (κ3) is 3.00. The van der Waals surface area contributed by atoms with Crippen molar-refractivity contribution in [2.45, 2.75) is 13.8 Å². The topological polar surface area (TPSA) is 74.8 Å². The number of hydrogen-bond donors (Lipinski definition) is 2. The molecule has 0 fully saturated rings. The zero-order valence-corrected chi connectivity index (χ0v) is 11.2. The van der Waals surface area contributed by atoms with Gasteiger partial charge in [0.05, 0.1) is 5.69 Å². The second kappa shape index (κ2) is 5.24. The van der Waals surface area contributed by atoms with E-state index >= 15 is 0 Å². The van der Waals surface area contributed by atoms with Gasteiger partial charge in [-0.15, -0.1) is 0 Å². The summed E-state index contributed by atoms with van der Waals surface area (Å²) >= 11 is 5.80. The van der Waals surface area contributed by atoms with Gasteiger partial charge in [0.25, 0.3) is 5.56 Å². The average Bonchev–Trinajstić information content (AvgIpc) is 2.34. The lowest BCUT2D eigenvalue weighted by Crippen LogP contribution is -2.20. The summed E-state index contributed by atoms with van der Waals surface area (Å²) in [4.78, 5) is 29.8. The highest BCUT2D eigenvalue weighted by Gasteiger charge is 2.10. The van der Waals surface area contributed by atoms with Crippen molar-refractivity contribution in [3.63, 3.8) is 0 Å². The Morgan fingerprint density at radius 1 is 1.32 bits per heavy atom. The number of aromatic nitrogens is 2. The zero-order valence-electron chi connectivity index (χ0n) is 10.5. The Balaban J connectivity index is 2.48. The molecule has 5 nitrogen and oxygen atoms in total. The summed E-state index contributed by atoms with van der Waals surface area (Å²) in [5.74, 6) is 0.128. The molecule has 0 saturated carbocycles. The Bertz CT molecular complexity index is 677. The largest absolute Gasteiger partial charge is 0.320 e. The van der Waals surface area contributed by atoms with Crippen molar-refractivity contribution in [1.82, 2.24) is 9.97 Å². The highest BCUT2D eigenvalue weighted by Crippen LogP contribution is 2.18. The molecule has 0 spiro atoms. The van der Waals surface area contributed by atoms with E-state index < -0.39 is 0 Å². The van der Waals surface area contributed by atoms with Gasteiger partial charge in [-0.3, -0.25) is 9.59 Å². The molecular weight excluding hydrogens is 266 g/mol. The number of benzene rings is 1. The Morgan fingerprint density at radius 2 is 1.95 bits per heavy atom. The molecule has 0 unspecified atom stereocenters. The van der Waals surface area contributed by atoms with Gasteiger partial charge < -0.3 is 10.3 Å².